The maximum absolute atomic E-state index is 14.2. The number of allylic oxidation sites excluding steroid dienone is 2. The number of nitrogens with zero attached hydrogens (tertiary/aromatic N) is 1. The van der Waals surface area contributed by atoms with Crippen LogP contribution in [0.3, 0.4) is 0 Å². The van der Waals surface area contributed by atoms with E-state index >= 15 is 0 Å². The molecule has 37 heavy (non-hydrogen) atoms. The fourth-order valence-electron chi connectivity index (χ4n) is 4.84. The summed E-state index contributed by atoms with van der Waals surface area (Å²) in [4.78, 5) is 28.4. The molecule has 1 N–H and O–H groups in total. The van der Waals surface area contributed by atoms with Crippen molar-refractivity contribution in [1.29, 1.82) is 0 Å². The van der Waals surface area contributed by atoms with E-state index in [-0.39, 0.29) is 23.2 Å². The van der Waals surface area contributed by atoms with Gasteiger partial charge in [0.2, 0.25) is 0 Å². The summed E-state index contributed by atoms with van der Waals surface area (Å²) in [7, 11) is 3.32. The normalized spacial score (nSPS) is 16.1. The van der Waals surface area contributed by atoms with Crippen molar-refractivity contribution < 1.29 is 23.5 Å². The molecular weight excluding hydrogens is 471 g/mol. The third-order valence-corrected chi connectivity index (χ3v) is 6.43. The zero-order valence-electron chi connectivity index (χ0n) is 22.8. The molecule has 1 atom stereocenters. The SMILES string of the molecule is COC(=O)C1=C(C)NC(C)=C(C(=O)OCC(C)(C)CN(C)Cc2ccc(C)cc2)C1c1cccc(F)c1. The quantitative estimate of drug-likeness (QED) is 0.467. The molecule has 7 heteroatoms. The van der Waals surface area contributed by atoms with Crippen LogP contribution < -0.4 is 5.32 Å². The van der Waals surface area contributed by atoms with Crippen LogP contribution in [0.2, 0.25) is 0 Å². The zero-order valence-corrected chi connectivity index (χ0v) is 22.8. The maximum Gasteiger partial charge on any atom is 0.336 e. The number of carbonyl (C=O) groups excluding carboxylic acids is 2. The monoisotopic (exact) mass is 508 g/mol. The molecule has 0 bridgehead atoms. The van der Waals surface area contributed by atoms with Crippen molar-refractivity contribution in [2.45, 2.75) is 47.1 Å². The first-order valence-electron chi connectivity index (χ1n) is 12.4. The second kappa shape index (κ2) is 11.7. The average molecular weight is 509 g/mol. The largest absolute Gasteiger partial charge is 0.466 e. The van der Waals surface area contributed by atoms with E-state index in [4.69, 9.17) is 9.47 Å². The third kappa shape index (κ3) is 7.07. The van der Waals surface area contributed by atoms with Gasteiger partial charge >= 0.3 is 11.9 Å². The molecule has 2 aromatic rings. The molecule has 0 radical (unpaired) electrons. The van der Waals surface area contributed by atoms with Gasteiger partial charge in [-0.2, -0.15) is 0 Å². The Morgan fingerprint density at radius 2 is 1.62 bits per heavy atom. The smallest absolute Gasteiger partial charge is 0.336 e. The molecule has 2 aromatic carbocycles. The first-order valence-corrected chi connectivity index (χ1v) is 12.4. The summed E-state index contributed by atoms with van der Waals surface area (Å²) >= 11 is 0. The number of esters is 2. The van der Waals surface area contributed by atoms with Gasteiger partial charge in [-0.05, 0) is 51.1 Å². The van der Waals surface area contributed by atoms with Crippen LogP contribution in [-0.4, -0.2) is 44.1 Å². The molecule has 0 spiro atoms. The number of ether oxygens (including phenoxy) is 2. The molecule has 1 heterocycles. The number of methoxy groups -OCH3 is 1. The zero-order chi connectivity index (χ0) is 27.3. The lowest BCUT2D eigenvalue weighted by Gasteiger charge is -2.32. The lowest BCUT2D eigenvalue weighted by Crippen LogP contribution is -2.37. The van der Waals surface area contributed by atoms with Crippen molar-refractivity contribution in [2.24, 2.45) is 5.41 Å². The average Bonchev–Trinajstić information content (AvgIpc) is 2.83. The van der Waals surface area contributed by atoms with E-state index in [2.05, 4.69) is 41.4 Å². The summed E-state index contributed by atoms with van der Waals surface area (Å²) in [5.41, 5.74) is 4.19. The van der Waals surface area contributed by atoms with Crippen LogP contribution in [0.4, 0.5) is 4.39 Å². The summed E-state index contributed by atoms with van der Waals surface area (Å²) < 4.78 is 25.0. The Kier molecular flexibility index (Phi) is 8.92. The fourth-order valence-corrected chi connectivity index (χ4v) is 4.84. The molecule has 1 aliphatic rings. The van der Waals surface area contributed by atoms with Crippen LogP contribution >= 0.6 is 0 Å². The Labute approximate surface area is 219 Å². The van der Waals surface area contributed by atoms with Crippen LogP contribution in [0.1, 0.15) is 50.3 Å². The van der Waals surface area contributed by atoms with Gasteiger partial charge in [-0.25, -0.2) is 14.0 Å². The van der Waals surface area contributed by atoms with Crippen LogP contribution in [0, 0.1) is 18.2 Å². The number of hydrogen-bond donors (Lipinski definition) is 1. The Hall–Kier alpha value is -3.45. The molecule has 0 saturated heterocycles. The van der Waals surface area contributed by atoms with Crippen molar-refractivity contribution in [3.63, 3.8) is 0 Å². The summed E-state index contributed by atoms with van der Waals surface area (Å²) in [5, 5.41) is 3.11. The number of aryl methyl sites for hydroxylation is 1. The minimum atomic E-state index is -0.816. The van der Waals surface area contributed by atoms with Gasteiger partial charge in [0, 0.05) is 29.9 Å². The first kappa shape index (κ1) is 28.1. The van der Waals surface area contributed by atoms with Crippen molar-refractivity contribution in [3.05, 3.63) is 93.6 Å². The number of dihydropyridines is 1. The Balaban J connectivity index is 1.78. The number of carbonyl (C=O) groups is 2. The molecule has 1 aliphatic heterocycles. The summed E-state index contributed by atoms with van der Waals surface area (Å²) in [6.45, 7) is 11.3. The summed E-state index contributed by atoms with van der Waals surface area (Å²) in [6, 6.07) is 14.3. The van der Waals surface area contributed by atoms with E-state index in [9.17, 15) is 14.0 Å². The number of nitrogens with one attached hydrogen (secondary N) is 1. The van der Waals surface area contributed by atoms with Crippen molar-refractivity contribution in [1.82, 2.24) is 10.2 Å². The Bertz CT molecular complexity index is 1210. The van der Waals surface area contributed by atoms with Crippen LogP contribution in [-0.2, 0) is 25.6 Å². The number of benzene rings is 2. The summed E-state index contributed by atoms with van der Waals surface area (Å²) in [6.07, 6.45) is 0. The third-order valence-electron chi connectivity index (χ3n) is 6.43. The van der Waals surface area contributed by atoms with Crippen LogP contribution in [0.15, 0.2) is 71.1 Å². The molecule has 0 aliphatic carbocycles. The molecule has 0 saturated carbocycles. The minimum Gasteiger partial charge on any atom is -0.466 e. The molecule has 0 fully saturated rings. The summed E-state index contributed by atoms with van der Waals surface area (Å²) in [5.74, 6) is -2.41. The molecule has 3 rings (SSSR count). The van der Waals surface area contributed by atoms with Gasteiger partial charge in [0.05, 0.1) is 30.8 Å². The maximum atomic E-state index is 14.2. The molecule has 6 nitrogen and oxygen atoms in total. The fraction of sp³-hybridized carbons (Fsp3) is 0.400. The highest BCUT2D eigenvalue weighted by Gasteiger charge is 2.38. The molecule has 198 valence electrons. The number of hydrogen-bond acceptors (Lipinski definition) is 6. The van der Waals surface area contributed by atoms with Crippen molar-refractivity contribution in [2.75, 3.05) is 27.3 Å². The van der Waals surface area contributed by atoms with Gasteiger partial charge in [-0.1, -0.05) is 55.8 Å². The van der Waals surface area contributed by atoms with E-state index in [0.29, 0.717) is 23.5 Å². The molecule has 0 amide bonds. The van der Waals surface area contributed by atoms with Gasteiger partial charge in [0.1, 0.15) is 5.82 Å². The predicted octanol–water partition coefficient (Wildman–Crippen LogP) is 5.24. The highest BCUT2D eigenvalue weighted by atomic mass is 19.1. The van der Waals surface area contributed by atoms with E-state index < -0.39 is 23.7 Å². The van der Waals surface area contributed by atoms with Crippen LogP contribution in [0.5, 0.6) is 0 Å². The molecular formula is C30H37FN2O4. The van der Waals surface area contributed by atoms with Crippen LogP contribution in [0.25, 0.3) is 0 Å². The van der Waals surface area contributed by atoms with Gasteiger partial charge in [0.15, 0.2) is 0 Å². The predicted molar refractivity (Wildman–Crippen MR) is 142 cm³/mol. The Morgan fingerprint density at radius 1 is 1.00 bits per heavy atom. The van der Waals surface area contributed by atoms with Gasteiger partial charge in [0.25, 0.3) is 0 Å². The van der Waals surface area contributed by atoms with Gasteiger partial charge in [-0.3, -0.25) is 0 Å². The van der Waals surface area contributed by atoms with E-state index in [1.165, 1.54) is 30.4 Å². The van der Waals surface area contributed by atoms with Crippen molar-refractivity contribution >= 4 is 11.9 Å². The molecule has 1 unspecified atom stereocenters. The first-order chi connectivity index (χ1) is 17.4. The van der Waals surface area contributed by atoms with E-state index in [1.807, 2.05) is 20.9 Å². The Morgan fingerprint density at radius 3 is 2.22 bits per heavy atom. The second-order valence-electron chi connectivity index (χ2n) is 10.6. The van der Waals surface area contributed by atoms with E-state index in [1.54, 1.807) is 26.0 Å². The van der Waals surface area contributed by atoms with Gasteiger partial charge in [-0.15, -0.1) is 0 Å². The molecule has 0 aromatic heterocycles. The number of rotatable bonds is 9. The topological polar surface area (TPSA) is 67.9 Å². The second-order valence-corrected chi connectivity index (χ2v) is 10.6. The van der Waals surface area contributed by atoms with Crippen molar-refractivity contribution in [3.8, 4) is 0 Å². The lowest BCUT2D eigenvalue weighted by molar-refractivity contribution is -0.142. The minimum absolute atomic E-state index is 0.174. The van der Waals surface area contributed by atoms with E-state index in [0.717, 1.165) is 6.54 Å². The highest BCUT2D eigenvalue weighted by Crippen LogP contribution is 2.39. The number of halogens is 1. The standard InChI is InChI=1S/C30H37FN2O4/c1-19-11-13-22(14-12-19)16-33(6)17-30(4,5)18-37-29(35)26-21(3)32-20(2)25(28(34)36-7)27(26)23-9-8-10-24(31)15-23/h8-15,27,32H,16-18H2,1-7H3. The van der Waals surface area contributed by atoms with Gasteiger partial charge < -0.3 is 19.7 Å². The lowest BCUT2D eigenvalue weighted by atomic mass is 9.80. The highest BCUT2D eigenvalue weighted by molar-refractivity contribution is 5.99.